The number of hydrogen-bond donors (Lipinski definition) is 1. The third-order valence-electron chi connectivity index (χ3n) is 5.33. The summed E-state index contributed by atoms with van der Waals surface area (Å²) in [6.07, 6.45) is 1.72. The lowest BCUT2D eigenvalue weighted by Crippen LogP contribution is -2.31. The summed E-state index contributed by atoms with van der Waals surface area (Å²) in [5, 5.41) is 3.18. The largest absolute Gasteiger partial charge is 0.459 e. The molecule has 0 saturated heterocycles. The van der Waals surface area contributed by atoms with Crippen molar-refractivity contribution in [3.8, 4) is 0 Å². The Balaban J connectivity index is 1.61. The number of para-hydroxylation sites is 1. The van der Waals surface area contributed by atoms with Gasteiger partial charge in [-0.15, -0.1) is 11.3 Å². The van der Waals surface area contributed by atoms with Gasteiger partial charge in [-0.2, -0.15) is 0 Å². The van der Waals surface area contributed by atoms with Crippen molar-refractivity contribution in [1.29, 1.82) is 0 Å². The molecule has 0 radical (unpaired) electrons. The summed E-state index contributed by atoms with van der Waals surface area (Å²) >= 11 is 1.16. The van der Waals surface area contributed by atoms with Gasteiger partial charge in [-0.25, -0.2) is 9.78 Å². The predicted octanol–water partition coefficient (Wildman–Crippen LogP) is 4.71. The van der Waals surface area contributed by atoms with E-state index in [1.54, 1.807) is 19.1 Å². The minimum atomic E-state index is -0.806. The van der Waals surface area contributed by atoms with Crippen LogP contribution in [-0.4, -0.2) is 21.4 Å². The number of amides is 1. The number of nitrogens with one attached hydrogen (secondary N) is 1. The van der Waals surface area contributed by atoms with Gasteiger partial charge < -0.3 is 10.1 Å². The van der Waals surface area contributed by atoms with Crippen molar-refractivity contribution in [1.82, 2.24) is 9.55 Å². The fourth-order valence-corrected chi connectivity index (χ4v) is 4.62. The number of carbonyl (C=O) groups is 2. The van der Waals surface area contributed by atoms with Crippen molar-refractivity contribution in [3.63, 3.8) is 0 Å². The zero-order valence-corrected chi connectivity index (χ0v) is 19.1. The molecule has 2 heterocycles. The van der Waals surface area contributed by atoms with Crippen LogP contribution in [0.2, 0.25) is 0 Å². The van der Waals surface area contributed by atoms with Crippen LogP contribution < -0.4 is 10.9 Å². The van der Waals surface area contributed by atoms with E-state index in [0.29, 0.717) is 32.8 Å². The number of esters is 1. The third kappa shape index (κ3) is 4.70. The molecule has 7 nitrogen and oxygen atoms in total. The van der Waals surface area contributed by atoms with Crippen LogP contribution in [0.1, 0.15) is 40.2 Å². The Morgan fingerprint density at radius 2 is 1.76 bits per heavy atom. The minimum absolute atomic E-state index is 0.127. The van der Waals surface area contributed by atoms with Gasteiger partial charge in [-0.05, 0) is 36.6 Å². The molecule has 0 bridgehead atoms. The van der Waals surface area contributed by atoms with Crippen LogP contribution in [0.25, 0.3) is 10.2 Å². The number of hydrogen-bond acceptors (Lipinski definition) is 6. The lowest BCUT2D eigenvalue weighted by Gasteiger charge is -2.17. The molecule has 2 aromatic carbocycles. The maximum Gasteiger partial charge on any atom is 0.329 e. The van der Waals surface area contributed by atoms with Gasteiger partial charge >= 0.3 is 5.97 Å². The van der Waals surface area contributed by atoms with Gasteiger partial charge in [-0.3, -0.25) is 14.2 Å². The number of nitrogens with zero attached hydrogens (tertiary/aromatic N) is 2. The first kappa shape index (κ1) is 22.4. The number of rotatable bonds is 7. The molecule has 33 heavy (non-hydrogen) atoms. The standard InChI is InChI=1S/C25H23N3O4S/c1-3-19(25(31)32-14-17-10-6-4-7-11-17)28-15-26-23-20(24(28)30)16(2)21(33-23)22(29)27-18-12-8-5-9-13-18/h4-13,15,19H,3,14H2,1-2H3,(H,27,29)/t19-/m1/s1. The van der Waals surface area contributed by atoms with Crippen LogP contribution in [0.15, 0.2) is 71.8 Å². The second kappa shape index (κ2) is 9.79. The van der Waals surface area contributed by atoms with E-state index in [2.05, 4.69) is 10.3 Å². The zero-order valence-electron chi connectivity index (χ0n) is 18.3. The summed E-state index contributed by atoms with van der Waals surface area (Å²) < 4.78 is 6.75. The predicted molar refractivity (Wildman–Crippen MR) is 129 cm³/mol. The van der Waals surface area contributed by atoms with Crippen molar-refractivity contribution >= 4 is 39.1 Å². The van der Waals surface area contributed by atoms with Crippen molar-refractivity contribution in [3.05, 3.63) is 93.3 Å². The van der Waals surface area contributed by atoms with Crippen LogP contribution in [0.4, 0.5) is 5.69 Å². The molecular formula is C25H23N3O4S. The molecular weight excluding hydrogens is 438 g/mol. The fourth-order valence-electron chi connectivity index (χ4n) is 3.59. The van der Waals surface area contributed by atoms with Gasteiger partial charge in [0.2, 0.25) is 0 Å². The van der Waals surface area contributed by atoms with Gasteiger partial charge in [0.1, 0.15) is 17.5 Å². The van der Waals surface area contributed by atoms with E-state index in [4.69, 9.17) is 4.74 Å². The molecule has 1 amide bonds. The molecule has 1 N–H and O–H groups in total. The Kier molecular flexibility index (Phi) is 6.65. The Hall–Kier alpha value is -3.78. The number of aromatic nitrogens is 2. The highest BCUT2D eigenvalue weighted by molar-refractivity contribution is 7.20. The molecule has 0 saturated carbocycles. The first-order valence-electron chi connectivity index (χ1n) is 10.6. The second-order valence-corrected chi connectivity index (χ2v) is 8.53. The molecule has 0 aliphatic carbocycles. The van der Waals surface area contributed by atoms with Gasteiger partial charge in [0.15, 0.2) is 0 Å². The zero-order chi connectivity index (χ0) is 23.4. The molecule has 8 heteroatoms. The summed E-state index contributed by atoms with van der Waals surface area (Å²) in [5.74, 6) is -0.804. The van der Waals surface area contributed by atoms with Gasteiger partial charge in [0.25, 0.3) is 11.5 Å². The van der Waals surface area contributed by atoms with E-state index in [-0.39, 0.29) is 18.1 Å². The molecule has 0 spiro atoms. The summed E-state index contributed by atoms with van der Waals surface area (Å²) in [6, 6.07) is 17.7. The highest BCUT2D eigenvalue weighted by atomic mass is 32.1. The molecule has 2 aromatic heterocycles. The van der Waals surface area contributed by atoms with Gasteiger partial charge in [0.05, 0.1) is 16.6 Å². The fraction of sp³-hybridized carbons (Fsp3) is 0.200. The molecule has 1 atom stereocenters. The molecule has 0 aliphatic rings. The first-order chi connectivity index (χ1) is 16.0. The van der Waals surface area contributed by atoms with Crippen molar-refractivity contribution in [2.45, 2.75) is 32.9 Å². The average Bonchev–Trinajstić information content (AvgIpc) is 3.18. The molecule has 168 valence electrons. The maximum absolute atomic E-state index is 13.3. The number of thiophene rings is 1. The number of fused-ring (bicyclic) bond motifs is 1. The normalized spacial score (nSPS) is 11.8. The van der Waals surface area contributed by atoms with E-state index >= 15 is 0 Å². The molecule has 0 fully saturated rings. The summed E-state index contributed by atoms with van der Waals surface area (Å²) in [4.78, 5) is 44.1. The Morgan fingerprint density at radius 1 is 1.09 bits per heavy atom. The quantitative estimate of drug-likeness (QED) is 0.403. The average molecular weight is 462 g/mol. The van der Waals surface area contributed by atoms with Gasteiger partial charge in [0, 0.05) is 5.69 Å². The van der Waals surface area contributed by atoms with Crippen LogP contribution in [-0.2, 0) is 16.1 Å². The van der Waals surface area contributed by atoms with Crippen molar-refractivity contribution in [2.24, 2.45) is 0 Å². The van der Waals surface area contributed by atoms with E-state index < -0.39 is 12.0 Å². The first-order valence-corrected chi connectivity index (χ1v) is 11.4. The van der Waals surface area contributed by atoms with Crippen LogP contribution in [0, 0.1) is 6.92 Å². The Bertz CT molecular complexity index is 1350. The smallest absolute Gasteiger partial charge is 0.329 e. The molecule has 4 rings (SSSR count). The highest BCUT2D eigenvalue weighted by Gasteiger charge is 2.25. The van der Waals surface area contributed by atoms with Crippen molar-refractivity contribution in [2.75, 3.05) is 5.32 Å². The van der Waals surface area contributed by atoms with Gasteiger partial charge in [-0.1, -0.05) is 55.5 Å². The van der Waals surface area contributed by atoms with E-state index in [0.717, 1.165) is 16.9 Å². The number of ether oxygens (including phenoxy) is 1. The lowest BCUT2D eigenvalue weighted by atomic mass is 10.1. The third-order valence-corrected chi connectivity index (χ3v) is 6.53. The number of aryl methyl sites for hydroxylation is 1. The number of anilines is 1. The maximum atomic E-state index is 13.3. The SMILES string of the molecule is CC[C@H](C(=O)OCc1ccccc1)n1cnc2sc(C(=O)Nc3ccccc3)c(C)c2c1=O. The minimum Gasteiger partial charge on any atom is -0.459 e. The highest BCUT2D eigenvalue weighted by Crippen LogP contribution is 2.28. The van der Waals surface area contributed by atoms with Crippen LogP contribution >= 0.6 is 11.3 Å². The second-order valence-electron chi connectivity index (χ2n) is 7.53. The van der Waals surface area contributed by atoms with E-state index in [1.807, 2.05) is 55.5 Å². The van der Waals surface area contributed by atoms with E-state index in [9.17, 15) is 14.4 Å². The number of carbonyl (C=O) groups excluding carboxylic acids is 2. The Morgan fingerprint density at radius 3 is 2.42 bits per heavy atom. The van der Waals surface area contributed by atoms with E-state index in [1.165, 1.54) is 10.9 Å². The van der Waals surface area contributed by atoms with Crippen molar-refractivity contribution < 1.29 is 14.3 Å². The Labute approximate surface area is 194 Å². The summed E-state index contributed by atoms with van der Waals surface area (Å²) in [7, 11) is 0. The van der Waals surface area contributed by atoms with Crippen LogP contribution in [0.3, 0.4) is 0 Å². The lowest BCUT2D eigenvalue weighted by molar-refractivity contribution is -0.149. The topological polar surface area (TPSA) is 90.3 Å². The number of benzene rings is 2. The molecule has 0 unspecified atom stereocenters. The molecule has 0 aliphatic heterocycles. The molecule has 4 aromatic rings. The summed E-state index contributed by atoms with van der Waals surface area (Å²) in [6.45, 7) is 3.66. The summed E-state index contributed by atoms with van der Waals surface area (Å²) in [5.41, 5.74) is 1.71. The monoisotopic (exact) mass is 461 g/mol. The van der Waals surface area contributed by atoms with Crippen LogP contribution in [0.5, 0.6) is 0 Å².